The Balaban J connectivity index is 1.25. The molecule has 2 aromatic rings. The highest BCUT2D eigenvalue weighted by atomic mass is 32.2. The summed E-state index contributed by atoms with van der Waals surface area (Å²) in [6, 6.07) is 11.8. The Morgan fingerprint density at radius 2 is 1.88 bits per heavy atom. The number of benzene rings is 1. The van der Waals surface area contributed by atoms with Crippen molar-refractivity contribution in [3.8, 4) is 0 Å². The Bertz CT molecular complexity index is 1120. The van der Waals surface area contributed by atoms with Crippen LogP contribution in [0.4, 0.5) is 0 Å². The van der Waals surface area contributed by atoms with Crippen LogP contribution in [0.1, 0.15) is 35.8 Å². The lowest BCUT2D eigenvalue weighted by molar-refractivity contribution is -0.135. The quantitative estimate of drug-likeness (QED) is 0.665. The Labute approximate surface area is 194 Å². The van der Waals surface area contributed by atoms with Gasteiger partial charge in [0.2, 0.25) is 0 Å². The molecule has 9 heteroatoms. The summed E-state index contributed by atoms with van der Waals surface area (Å²) >= 11 is 0. The lowest BCUT2D eigenvalue weighted by Crippen LogP contribution is -2.52. The van der Waals surface area contributed by atoms with E-state index in [4.69, 9.17) is 9.52 Å². The number of nitrogens with zero attached hydrogens (tertiary/aromatic N) is 4. The van der Waals surface area contributed by atoms with Gasteiger partial charge >= 0.3 is 0 Å². The standard InChI is InChI=1S/C24H30N4O4S/c1-18-4-6-19(7-5-18)21-15-22(23-3-2-13-32-23)28(25-21)24(29)16-26-9-11-27(12-10-26)20-8-14-33(30,31)17-20/h2-7,13,20,22H,8-12,14-17H2,1H3/t20-,22+/m0/s1. The molecule has 3 aliphatic heterocycles. The molecule has 2 saturated heterocycles. The van der Waals surface area contributed by atoms with Gasteiger partial charge in [-0.1, -0.05) is 29.8 Å². The Hall–Kier alpha value is -2.49. The summed E-state index contributed by atoms with van der Waals surface area (Å²) in [5.74, 6) is 1.25. The molecule has 3 aliphatic rings. The number of furan rings is 1. The fourth-order valence-corrected chi connectivity index (χ4v) is 6.74. The average Bonchev–Trinajstić information content (AvgIpc) is 3.54. The van der Waals surface area contributed by atoms with Gasteiger partial charge < -0.3 is 4.42 Å². The van der Waals surface area contributed by atoms with Gasteiger partial charge in [0.1, 0.15) is 11.8 Å². The minimum Gasteiger partial charge on any atom is -0.467 e. The maximum atomic E-state index is 13.3. The summed E-state index contributed by atoms with van der Waals surface area (Å²) in [6.45, 7) is 5.40. The third kappa shape index (κ3) is 4.90. The van der Waals surface area contributed by atoms with Crippen LogP contribution in [0.5, 0.6) is 0 Å². The molecule has 0 unspecified atom stereocenters. The lowest BCUT2D eigenvalue weighted by Gasteiger charge is -2.37. The van der Waals surface area contributed by atoms with Crippen LogP contribution < -0.4 is 0 Å². The SMILES string of the molecule is Cc1ccc(C2=NN(C(=O)CN3CCN([C@H]4CCS(=O)(=O)C4)CC3)[C@@H](c3ccco3)C2)cc1. The summed E-state index contributed by atoms with van der Waals surface area (Å²) in [5.41, 5.74) is 3.09. The first-order valence-corrected chi connectivity index (χ1v) is 13.4. The normalized spacial score (nSPS) is 26.0. The number of carbonyl (C=O) groups excluding carboxylic acids is 1. The molecule has 33 heavy (non-hydrogen) atoms. The van der Waals surface area contributed by atoms with E-state index in [-0.39, 0.29) is 23.7 Å². The van der Waals surface area contributed by atoms with Gasteiger partial charge in [-0.25, -0.2) is 13.4 Å². The zero-order chi connectivity index (χ0) is 23.0. The molecule has 0 bridgehead atoms. The van der Waals surface area contributed by atoms with Crippen LogP contribution in [0, 0.1) is 6.92 Å². The van der Waals surface area contributed by atoms with Gasteiger partial charge in [0.05, 0.1) is 30.0 Å². The molecule has 0 radical (unpaired) electrons. The van der Waals surface area contributed by atoms with E-state index in [1.54, 1.807) is 11.3 Å². The van der Waals surface area contributed by atoms with E-state index < -0.39 is 9.84 Å². The van der Waals surface area contributed by atoms with Gasteiger partial charge in [-0.15, -0.1) is 0 Å². The molecule has 176 valence electrons. The molecular formula is C24H30N4O4S. The number of sulfone groups is 1. The Morgan fingerprint density at radius 1 is 1.12 bits per heavy atom. The van der Waals surface area contributed by atoms with Crippen LogP contribution in [0.2, 0.25) is 0 Å². The maximum Gasteiger partial charge on any atom is 0.257 e. The Morgan fingerprint density at radius 3 is 2.52 bits per heavy atom. The van der Waals surface area contributed by atoms with Crippen molar-refractivity contribution in [1.82, 2.24) is 14.8 Å². The molecule has 5 rings (SSSR count). The fraction of sp³-hybridized carbons (Fsp3) is 0.500. The fourth-order valence-electron chi connectivity index (χ4n) is 4.98. The first-order valence-electron chi connectivity index (χ1n) is 11.5. The summed E-state index contributed by atoms with van der Waals surface area (Å²) < 4.78 is 29.3. The molecule has 1 aromatic heterocycles. The van der Waals surface area contributed by atoms with Crippen molar-refractivity contribution in [2.75, 3.05) is 44.2 Å². The van der Waals surface area contributed by atoms with Crippen LogP contribution in [-0.2, 0) is 14.6 Å². The van der Waals surface area contributed by atoms with Crippen LogP contribution in [0.25, 0.3) is 0 Å². The molecule has 0 N–H and O–H groups in total. The first-order chi connectivity index (χ1) is 15.9. The van der Waals surface area contributed by atoms with E-state index in [1.807, 2.05) is 31.2 Å². The van der Waals surface area contributed by atoms with Gasteiger partial charge in [0.15, 0.2) is 9.84 Å². The summed E-state index contributed by atoms with van der Waals surface area (Å²) in [5, 5.41) is 6.31. The number of hydrogen-bond donors (Lipinski definition) is 0. The molecule has 2 atom stereocenters. The second kappa shape index (κ2) is 9.04. The third-order valence-corrected chi connectivity index (χ3v) is 8.66. The van der Waals surface area contributed by atoms with Crippen LogP contribution in [0.3, 0.4) is 0 Å². The van der Waals surface area contributed by atoms with Gasteiger partial charge in [-0.2, -0.15) is 5.10 Å². The molecule has 8 nitrogen and oxygen atoms in total. The van der Waals surface area contributed by atoms with Crippen LogP contribution in [-0.4, -0.2) is 85.1 Å². The number of hydrogen-bond acceptors (Lipinski definition) is 7. The van der Waals surface area contributed by atoms with E-state index in [2.05, 4.69) is 21.9 Å². The van der Waals surface area contributed by atoms with Crippen molar-refractivity contribution in [1.29, 1.82) is 0 Å². The van der Waals surface area contributed by atoms with E-state index in [0.717, 1.165) is 49.6 Å². The predicted molar refractivity (Wildman–Crippen MR) is 126 cm³/mol. The van der Waals surface area contributed by atoms with Crippen molar-refractivity contribution in [3.05, 3.63) is 59.5 Å². The molecule has 0 spiro atoms. The highest BCUT2D eigenvalue weighted by Crippen LogP contribution is 2.33. The minimum atomic E-state index is -2.89. The molecule has 4 heterocycles. The number of piperazine rings is 1. The van der Waals surface area contributed by atoms with Gasteiger partial charge in [-0.05, 0) is 31.0 Å². The zero-order valence-electron chi connectivity index (χ0n) is 18.9. The second-order valence-electron chi connectivity index (χ2n) is 9.26. The smallest absolute Gasteiger partial charge is 0.257 e. The van der Waals surface area contributed by atoms with Crippen LogP contribution in [0.15, 0.2) is 52.2 Å². The van der Waals surface area contributed by atoms with Crippen molar-refractivity contribution in [2.24, 2.45) is 5.10 Å². The van der Waals surface area contributed by atoms with E-state index in [0.29, 0.717) is 18.7 Å². The van der Waals surface area contributed by atoms with Crippen LogP contribution >= 0.6 is 0 Å². The van der Waals surface area contributed by atoms with Crippen molar-refractivity contribution < 1.29 is 17.6 Å². The maximum absolute atomic E-state index is 13.3. The molecular weight excluding hydrogens is 440 g/mol. The average molecular weight is 471 g/mol. The summed E-state index contributed by atoms with van der Waals surface area (Å²) in [4.78, 5) is 17.7. The number of amides is 1. The number of aryl methyl sites for hydroxylation is 1. The first kappa shape index (κ1) is 22.3. The van der Waals surface area contributed by atoms with Gasteiger partial charge in [-0.3, -0.25) is 14.6 Å². The van der Waals surface area contributed by atoms with Gasteiger partial charge in [0, 0.05) is 38.6 Å². The zero-order valence-corrected chi connectivity index (χ0v) is 19.7. The summed E-state index contributed by atoms with van der Waals surface area (Å²) in [6.07, 6.45) is 2.97. The molecule has 0 saturated carbocycles. The van der Waals surface area contributed by atoms with Crippen molar-refractivity contribution >= 4 is 21.5 Å². The molecule has 0 aliphatic carbocycles. The molecule has 2 fully saturated rings. The molecule has 1 aromatic carbocycles. The Kier molecular flexibility index (Phi) is 6.11. The lowest BCUT2D eigenvalue weighted by atomic mass is 10.0. The highest BCUT2D eigenvalue weighted by Gasteiger charge is 2.37. The van der Waals surface area contributed by atoms with E-state index in [9.17, 15) is 13.2 Å². The summed E-state index contributed by atoms with van der Waals surface area (Å²) in [7, 11) is -2.89. The van der Waals surface area contributed by atoms with Gasteiger partial charge in [0.25, 0.3) is 5.91 Å². The van der Waals surface area contributed by atoms with Crippen molar-refractivity contribution in [2.45, 2.75) is 31.8 Å². The van der Waals surface area contributed by atoms with Crippen molar-refractivity contribution in [3.63, 3.8) is 0 Å². The number of carbonyl (C=O) groups is 1. The second-order valence-corrected chi connectivity index (χ2v) is 11.5. The van der Waals surface area contributed by atoms with E-state index in [1.165, 1.54) is 5.56 Å². The number of rotatable bonds is 5. The molecule has 1 amide bonds. The monoisotopic (exact) mass is 470 g/mol. The highest BCUT2D eigenvalue weighted by molar-refractivity contribution is 7.91. The van der Waals surface area contributed by atoms with E-state index >= 15 is 0 Å². The number of hydrazone groups is 1. The largest absolute Gasteiger partial charge is 0.467 e. The minimum absolute atomic E-state index is 0.0459. The third-order valence-electron chi connectivity index (χ3n) is 6.91. The predicted octanol–water partition coefficient (Wildman–Crippen LogP) is 2.07. The topological polar surface area (TPSA) is 86.4 Å².